The predicted octanol–water partition coefficient (Wildman–Crippen LogP) is 13.9. The number of fused-ring (bicyclic) bond motifs is 4. The molecule has 0 bridgehead atoms. The number of rotatable bonds is 2. The topological polar surface area (TPSA) is 0 Å². The Morgan fingerprint density at radius 2 is 1.39 bits per heavy atom. The summed E-state index contributed by atoms with van der Waals surface area (Å²) in [5, 5.41) is 2.66. The monoisotopic (exact) mass is 796 g/mol. The standard InChI is InChI=1S/C23H29.C13H19.C12H10.2ClH.Zr/c1-14-9-16-11-17-10-15(2)21(23(6,7)8)13-19(17)18(16)12-20(14)22(3,4)5;1-11-6-7-12(10-11)13(2)8-4-3-5-9-13;1-2-10-7-8-11-5-3-4-6-12(11)9-10;;;/h9,12-13H,11H2,1-8H3;7,10-11H,3-5,8-9H2,1-2H3;3-9H,1H3;2*1H;/q2*-1;;;;+2. The van der Waals surface area contributed by atoms with Crippen LogP contribution in [0.25, 0.3) is 21.9 Å². The molecule has 1 atom stereocenters. The number of aryl methyl sites for hydroxylation is 2. The summed E-state index contributed by atoms with van der Waals surface area (Å²) in [6.07, 6.45) is 16.0. The van der Waals surface area contributed by atoms with Crippen LogP contribution < -0.4 is 0 Å². The molecule has 0 heterocycles. The van der Waals surface area contributed by atoms with Crippen molar-refractivity contribution in [3.63, 3.8) is 0 Å². The zero-order valence-electron chi connectivity index (χ0n) is 33.1. The van der Waals surface area contributed by atoms with Crippen molar-refractivity contribution in [2.75, 3.05) is 0 Å². The fraction of sp³-hybridized carbons (Fsp3) is 0.438. The maximum absolute atomic E-state index is 3.69. The van der Waals surface area contributed by atoms with Crippen molar-refractivity contribution in [3.05, 3.63) is 129 Å². The van der Waals surface area contributed by atoms with Gasteiger partial charge >= 0.3 is 93.2 Å². The Bertz CT molecular complexity index is 1840. The summed E-state index contributed by atoms with van der Waals surface area (Å²) in [6.45, 7) is 25.1. The van der Waals surface area contributed by atoms with E-state index in [2.05, 4.69) is 161 Å². The average molecular weight is 799 g/mol. The molecule has 7 rings (SSSR count). The van der Waals surface area contributed by atoms with Gasteiger partial charge in [0, 0.05) is 0 Å². The Balaban J connectivity index is 0.000000216. The van der Waals surface area contributed by atoms with E-state index in [0.29, 0.717) is 11.3 Å². The van der Waals surface area contributed by atoms with E-state index in [0.717, 1.165) is 6.42 Å². The van der Waals surface area contributed by atoms with Gasteiger partial charge in [-0.15, -0.1) is 41.5 Å². The quantitative estimate of drug-likeness (QED) is 0.156. The molecule has 3 heteroatoms. The zero-order chi connectivity index (χ0) is 35.7. The molecule has 3 aliphatic rings. The summed E-state index contributed by atoms with van der Waals surface area (Å²) in [7, 11) is 0. The first-order valence-corrected chi connectivity index (χ1v) is 19.8. The Hall–Kier alpha value is -2.05. The van der Waals surface area contributed by atoms with Crippen molar-refractivity contribution < 1.29 is 24.2 Å². The molecule has 0 amide bonds. The number of halogens is 2. The van der Waals surface area contributed by atoms with Gasteiger partial charge < -0.3 is 0 Å². The van der Waals surface area contributed by atoms with Crippen molar-refractivity contribution in [1.82, 2.24) is 0 Å². The summed E-state index contributed by atoms with van der Waals surface area (Å²) in [4.78, 5) is 0. The fourth-order valence-electron chi connectivity index (χ4n) is 8.03. The maximum Gasteiger partial charge on any atom is -0.0129 e. The van der Waals surface area contributed by atoms with Crippen LogP contribution in [-0.4, -0.2) is 3.21 Å². The van der Waals surface area contributed by atoms with Crippen molar-refractivity contribution >= 4 is 38.8 Å². The molecule has 0 aromatic heterocycles. The molecule has 0 radical (unpaired) electrons. The van der Waals surface area contributed by atoms with Crippen LogP contribution in [0.5, 0.6) is 0 Å². The van der Waals surface area contributed by atoms with Gasteiger partial charge in [0.25, 0.3) is 0 Å². The maximum atomic E-state index is 3.69. The van der Waals surface area contributed by atoms with Gasteiger partial charge in [-0.1, -0.05) is 129 Å². The normalized spacial score (nSPS) is 17.0. The van der Waals surface area contributed by atoms with Crippen LogP contribution in [0, 0.1) is 37.3 Å². The Morgan fingerprint density at radius 3 is 1.96 bits per heavy atom. The Kier molecular flexibility index (Phi) is 14.8. The van der Waals surface area contributed by atoms with Crippen LogP contribution >= 0.6 is 24.8 Å². The Morgan fingerprint density at radius 1 is 0.784 bits per heavy atom. The molecule has 3 aliphatic carbocycles. The molecule has 0 saturated heterocycles. The van der Waals surface area contributed by atoms with Crippen LogP contribution in [0.3, 0.4) is 0 Å². The molecule has 1 saturated carbocycles. The van der Waals surface area contributed by atoms with E-state index in [-0.39, 0.29) is 35.6 Å². The minimum atomic E-state index is 0. The SMILES string of the molecule is CC1[C-]=CC(C2(C)CCCCC2)=C1.C[C](=[Zr+2])c1ccc2ccccc2c1.Cc1[c-]c2c(cc1C(C)(C)C)-c1cc(C(C)(C)C)c(C)cc1C2.Cl.Cl. The summed E-state index contributed by atoms with van der Waals surface area (Å²) in [5.74, 6) is 0.550. The smallest absolute Gasteiger partial charge is 0.0129 e. The molecule has 1 unspecified atom stereocenters. The van der Waals surface area contributed by atoms with E-state index in [1.165, 1.54) is 120 Å². The number of hydrogen-bond donors (Lipinski definition) is 0. The van der Waals surface area contributed by atoms with E-state index in [9.17, 15) is 0 Å². The van der Waals surface area contributed by atoms with Gasteiger partial charge in [-0.2, -0.15) is 29.3 Å². The van der Waals surface area contributed by atoms with Crippen molar-refractivity contribution in [3.8, 4) is 11.1 Å². The second-order valence-electron chi connectivity index (χ2n) is 17.2. The molecule has 0 spiro atoms. The van der Waals surface area contributed by atoms with Gasteiger partial charge in [0.05, 0.1) is 0 Å². The zero-order valence-corrected chi connectivity index (χ0v) is 37.2. The summed E-state index contributed by atoms with van der Waals surface area (Å²) >= 11 is 1.50. The van der Waals surface area contributed by atoms with Gasteiger partial charge in [0.15, 0.2) is 0 Å². The molecule has 270 valence electrons. The van der Waals surface area contributed by atoms with Crippen molar-refractivity contribution in [1.29, 1.82) is 0 Å². The molecule has 0 aliphatic heterocycles. The molecular formula is C48H60Cl2Zr. The molecule has 0 N–H and O–H groups in total. The van der Waals surface area contributed by atoms with E-state index in [1.54, 1.807) is 5.57 Å². The van der Waals surface area contributed by atoms with Gasteiger partial charge in [0.2, 0.25) is 0 Å². The third-order valence-electron chi connectivity index (χ3n) is 10.8. The first-order chi connectivity index (χ1) is 23.0. The number of hydrogen-bond acceptors (Lipinski definition) is 0. The second-order valence-corrected chi connectivity index (χ2v) is 19.1. The van der Waals surface area contributed by atoms with Crippen molar-refractivity contribution in [2.24, 2.45) is 11.3 Å². The fourth-order valence-corrected chi connectivity index (χ4v) is 8.41. The van der Waals surface area contributed by atoms with E-state index < -0.39 is 0 Å². The summed E-state index contributed by atoms with van der Waals surface area (Å²) in [5.41, 5.74) is 15.0. The van der Waals surface area contributed by atoms with Gasteiger partial charge in [-0.25, -0.2) is 6.08 Å². The number of benzene rings is 4. The van der Waals surface area contributed by atoms with Crippen molar-refractivity contribution in [2.45, 2.75) is 126 Å². The minimum absolute atomic E-state index is 0. The van der Waals surface area contributed by atoms with Crippen LogP contribution in [0.4, 0.5) is 0 Å². The minimum Gasteiger partial charge on any atom is -0.176 e. The van der Waals surface area contributed by atoms with Crippen LogP contribution in [0.15, 0.2) is 78.4 Å². The van der Waals surface area contributed by atoms with E-state index >= 15 is 0 Å². The largest absolute Gasteiger partial charge is 0.176 e. The van der Waals surface area contributed by atoms with Gasteiger partial charge in [-0.05, 0) is 35.4 Å². The number of allylic oxidation sites excluding steroid dienone is 4. The predicted molar refractivity (Wildman–Crippen MR) is 225 cm³/mol. The third-order valence-corrected chi connectivity index (χ3v) is 11.6. The molecule has 4 aromatic rings. The van der Waals surface area contributed by atoms with Crippen LogP contribution in [0.2, 0.25) is 0 Å². The average Bonchev–Trinajstić information content (AvgIpc) is 3.62. The van der Waals surface area contributed by atoms with E-state index in [4.69, 9.17) is 0 Å². The molecule has 1 fully saturated rings. The summed E-state index contributed by atoms with van der Waals surface area (Å²) in [6, 6.07) is 26.1. The summed E-state index contributed by atoms with van der Waals surface area (Å²) < 4.78 is 1.46. The molecule has 0 nitrogen and oxygen atoms in total. The second kappa shape index (κ2) is 17.4. The van der Waals surface area contributed by atoms with Gasteiger partial charge in [-0.3, -0.25) is 6.08 Å². The van der Waals surface area contributed by atoms with Crippen LogP contribution in [-0.2, 0) is 41.5 Å². The Labute approximate surface area is 338 Å². The third kappa shape index (κ3) is 10.3. The van der Waals surface area contributed by atoms with E-state index in [1.807, 2.05) is 0 Å². The van der Waals surface area contributed by atoms with Gasteiger partial charge in [0.1, 0.15) is 0 Å². The first-order valence-electron chi connectivity index (χ1n) is 18.5. The van der Waals surface area contributed by atoms with Crippen LogP contribution in [0.1, 0.15) is 133 Å². The first kappa shape index (κ1) is 43.4. The molecule has 51 heavy (non-hydrogen) atoms. The molecule has 4 aromatic carbocycles. The molecular weight excluding hydrogens is 739 g/mol.